The van der Waals surface area contributed by atoms with Crippen LogP contribution in [0.25, 0.3) is 22.0 Å². The van der Waals surface area contributed by atoms with Gasteiger partial charge in [0.05, 0.1) is 24.3 Å². The maximum absolute atomic E-state index is 11.9. The van der Waals surface area contributed by atoms with Crippen LogP contribution < -0.4 is 10.3 Å². The van der Waals surface area contributed by atoms with Gasteiger partial charge in [-0.25, -0.2) is 4.98 Å². The summed E-state index contributed by atoms with van der Waals surface area (Å²) in [6.07, 6.45) is 1.42. The summed E-state index contributed by atoms with van der Waals surface area (Å²) in [6, 6.07) is 9.86. The molecule has 0 spiro atoms. The summed E-state index contributed by atoms with van der Waals surface area (Å²) in [5.41, 5.74) is 4.79. The monoisotopic (exact) mass is 280 g/mol. The van der Waals surface area contributed by atoms with Crippen LogP contribution >= 0.6 is 0 Å². The van der Waals surface area contributed by atoms with Gasteiger partial charge in [-0.3, -0.25) is 4.79 Å². The van der Waals surface area contributed by atoms with Crippen LogP contribution in [0.5, 0.6) is 5.75 Å². The normalized spacial score (nSPS) is 10.8. The Labute approximate surface area is 122 Å². The summed E-state index contributed by atoms with van der Waals surface area (Å²) in [6.45, 7) is 4.04. The second-order valence-electron chi connectivity index (χ2n) is 5.11. The summed E-state index contributed by atoms with van der Waals surface area (Å²) in [5.74, 6) is 0.902. The molecule has 106 valence electrons. The quantitative estimate of drug-likeness (QED) is 0.784. The summed E-state index contributed by atoms with van der Waals surface area (Å²) < 4.78 is 5.39. The Bertz CT molecular complexity index is 858. The van der Waals surface area contributed by atoms with Gasteiger partial charge in [-0.15, -0.1) is 0 Å². The molecule has 2 aromatic carbocycles. The molecule has 0 saturated carbocycles. The van der Waals surface area contributed by atoms with Gasteiger partial charge in [0.1, 0.15) is 5.75 Å². The molecular weight excluding hydrogens is 264 g/mol. The molecule has 0 bridgehead atoms. The van der Waals surface area contributed by atoms with Crippen molar-refractivity contribution in [1.29, 1.82) is 0 Å². The molecule has 4 nitrogen and oxygen atoms in total. The van der Waals surface area contributed by atoms with E-state index in [9.17, 15) is 4.79 Å². The van der Waals surface area contributed by atoms with Gasteiger partial charge in [-0.1, -0.05) is 6.07 Å². The summed E-state index contributed by atoms with van der Waals surface area (Å²) in [7, 11) is 1.68. The number of H-pyrrole nitrogens is 1. The first-order valence-electron chi connectivity index (χ1n) is 6.73. The minimum atomic E-state index is -0.121. The molecule has 0 saturated heterocycles. The largest absolute Gasteiger partial charge is 0.496 e. The number of ether oxygens (including phenoxy) is 1. The lowest BCUT2D eigenvalue weighted by molar-refractivity contribution is 0.408. The van der Waals surface area contributed by atoms with Crippen molar-refractivity contribution in [1.82, 2.24) is 9.97 Å². The van der Waals surface area contributed by atoms with Crippen LogP contribution in [-0.2, 0) is 0 Å². The van der Waals surface area contributed by atoms with Crippen LogP contribution in [0.4, 0.5) is 0 Å². The van der Waals surface area contributed by atoms with Crippen molar-refractivity contribution in [3.05, 3.63) is 58.1 Å². The highest BCUT2D eigenvalue weighted by atomic mass is 16.5. The van der Waals surface area contributed by atoms with Crippen LogP contribution in [0.15, 0.2) is 41.5 Å². The number of aromatic nitrogens is 2. The number of benzene rings is 2. The number of hydrogen-bond acceptors (Lipinski definition) is 3. The van der Waals surface area contributed by atoms with Gasteiger partial charge in [0, 0.05) is 0 Å². The molecule has 0 fully saturated rings. The zero-order valence-corrected chi connectivity index (χ0v) is 12.2. The van der Waals surface area contributed by atoms with E-state index in [-0.39, 0.29) is 5.56 Å². The molecule has 4 heteroatoms. The second-order valence-corrected chi connectivity index (χ2v) is 5.11. The van der Waals surface area contributed by atoms with E-state index in [0.29, 0.717) is 10.9 Å². The lowest BCUT2D eigenvalue weighted by Crippen LogP contribution is -2.06. The Morgan fingerprint density at radius 3 is 2.43 bits per heavy atom. The van der Waals surface area contributed by atoms with Crippen molar-refractivity contribution in [2.45, 2.75) is 13.8 Å². The Kier molecular flexibility index (Phi) is 3.22. The molecule has 0 aliphatic heterocycles. The third-order valence-corrected chi connectivity index (χ3v) is 3.64. The van der Waals surface area contributed by atoms with Gasteiger partial charge in [0.25, 0.3) is 5.56 Å². The molecule has 1 N–H and O–H groups in total. The van der Waals surface area contributed by atoms with Gasteiger partial charge in [-0.05, 0) is 60.4 Å². The fourth-order valence-electron chi connectivity index (χ4n) is 2.69. The molecule has 0 aliphatic carbocycles. The van der Waals surface area contributed by atoms with Gasteiger partial charge in [-0.2, -0.15) is 0 Å². The summed E-state index contributed by atoms with van der Waals surface area (Å²) in [4.78, 5) is 18.7. The zero-order valence-electron chi connectivity index (χ0n) is 12.2. The maximum atomic E-state index is 11.9. The molecule has 0 unspecified atom stereocenters. The fourth-order valence-corrected chi connectivity index (χ4v) is 2.69. The Hall–Kier alpha value is -2.62. The van der Waals surface area contributed by atoms with E-state index in [1.807, 2.05) is 32.0 Å². The van der Waals surface area contributed by atoms with Crippen LogP contribution in [0.1, 0.15) is 11.1 Å². The highest BCUT2D eigenvalue weighted by molar-refractivity contribution is 5.84. The Morgan fingerprint density at radius 1 is 1.05 bits per heavy atom. The molecule has 0 atom stereocenters. The first-order valence-corrected chi connectivity index (χ1v) is 6.73. The predicted octanol–water partition coefficient (Wildman–Crippen LogP) is 3.22. The maximum Gasteiger partial charge on any atom is 0.258 e. The lowest BCUT2D eigenvalue weighted by atomic mass is 9.98. The number of nitrogens with zero attached hydrogens (tertiary/aromatic N) is 1. The predicted molar refractivity (Wildman–Crippen MR) is 83.8 cm³/mol. The van der Waals surface area contributed by atoms with Crippen molar-refractivity contribution in [2.24, 2.45) is 0 Å². The van der Waals surface area contributed by atoms with Crippen molar-refractivity contribution in [2.75, 3.05) is 7.11 Å². The van der Waals surface area contributed by atoms with Crippen molar-refractivity contribution in [3.8, 4) is 16.9 Å². The third-order valence-electron chi connectivity index (χ3n) is 3.64. The van der Waals surface area contributed by atoms with Crippen molar-refractivity contribution in [3.63, 3.8) is 0 Å². The van der Waals surface area contributed by atoms with Gasteiger partial charge in [0.2, 0.25) is 0 Å². The standard InChI is InChI=1S/C17H16N2O2/c1-10-6-13(7-11(2)16(10)21-3)12-4-5-15-14(8-12)17(20)19-9-18-15/h4-9H,1-3H3,(H,18,19,20). The average molecular weight is 280 g/mol. The Morgan fingerprint density at radius 2 is 1.76 bits per heavy atom. The molecule has 3 rings (SSSR count). The van der Waals surface area contributed by atoms with E-state index in [4.69, 9.17) is 4.74 Å². The van der Waals surface area contributed by atoms with Crippen LogP contribution in [0, 0.1) is 13.8 Å². The van der Waals surface area contributed by atoms with E-state index in [1.165, 1.54) is 6.33 Å². The van der Waals surface area contributed by atoms with Crippen LogP contribution in [-0.4, -0.2) is 17.1 Å². The minimum Gasteiger partial charge on any atom is -0.496 e. The van der Waals surface area contributed by atoms with E-state index in [2.05, 4.69) is 22.1 Å². The van der Waals surface area contributed by atoms with Gasteiger partial charge in [0.15, 0.2) is 0 Å². The van der Waals surface area contributed by atoms with E-state index in [0.717, 1.165) is 28.0 Å². The third kappa shape index (κ3) is 2.29. The number of aryl methyl sites for hydroxylation is 2. The SMILES string of the molecule is COc1c(C)cc(-c2ccc3nc[nH]c(=O)c3c2)cc1C. The number of hydrogen-bond donors (Lipinski definition) is 1. The number of methoxy groups -OCH3 is 1. The smallest absolute Gasteiger partial charge is 0.258 e. The van der Waals surface area contributed by atoms with Gasteiger partial charge < -0.3 is 9.72 Å². The molecular formula is C17H16N2O2. The van der Waals surface area contributed by atoms with Crippen LogP contribution in [0.2, 0.25) is 0 Å². The van der Waals surface area contributed by atoms with Gasteiger partial charge >= 0.3 is 0 Å². The molecule has 1 aromatic heterocycles. The van der Waals surface area contributed by atoms with E-state index in [1.54, 1.807) is 7.11 Å². The lowest BCUT2D eigenvalue weighted by Gasteiger charge is -2.11. The van der Waals surface area contributed by atoms with E-state index >= 15 is 0 Å². The Balaban J connectivity index is 2.21. The number of rotatable bonds is 2. The summed E-state index contributed by atoms with van der Waals surface area (Å²) in [5, 5.41) is 0.598. The number of aromatic amines is 1. The highest BCUT2D eigenvalue weighted by Gasteiger charge is 2.08. The number of fused-ring (bicyclic) bond motifs is 1. The first-order chi connectivity index (χ1) is 10.1. The second kappa shape index (κ2) is 5.05. The fraction of sp³-hybridized carbons (Fsp3) is 0.176. The number of nitrogens with one attached hydrogen (secondary N) is 1. The highest BCUT2D eigenvalue weighted by Crippen LogP contribution is 2.30. The van der Waals surface area contributed by atoms with Crippen LogP contribution in [0.3, 0.4) is 0 Å². The average Bonchev–Trinajstić information content (AvgIpc) is 2.47. The molecule has 3 aromatic rings. The molecule has 1 heterocycles. The minimum absolute atomic E-state index is 0.121. The first kappa shape index (κ1) is 13.4. The molecule has 0 radical (unpaired) electrons. The topological polar surface area (TPSA) is 55.0 Å². The van der Waals surface area contributed by atoms with Crippen molar-refractivity contribution < 1.29 is 4.74 Å². The summed E-state index contributed by atoms with van der Waals surface area (Å²) >= 11 is 0. The molecule has 0 aliphatic rings. The van der Waals surface area contributed by atoms with E-state index < -0.39 is 0 Å². The van der Waals surface area contributed by atoms with Crippen molar-refractivity contribution >= 4 is 10.9 Å². The molecule has 21 heavy (non-hydrogen) atoms. The zero-order chi connectivity index (χ0) is 15.0. The molecule has 0 amide bonds.